The first kappa shape index (κ1) is 20.2. The molecule has 2 N–H and O–H groups in total. The van der Waals surface area contributed by atoms with Gasteiger partial charge >= 0.3 is 0 Å². The molecule has 6 nitrogen and oxygen atoms in total. The highest BCUT2D eigenvalue weighted by molar-refractivity contribution is 7.89. The molecular weight excluding hydrogens is 362 g/mol. The van der Waals surface area contributed by atoms with Crippen LogP contribution < -0.4 is 14.9 Å². The molecule has 3 rings (SSSR count). The lowest BCUT2D eigenvalue weighted by molar-refractivity contribution is -0.116. The minimum absolute atomic E-state index is 0. The maximum absolute atomic E-state index is 12.7. The molecule has 0 saturated carbocycles. The fourth-order valence-corrected chi connectivity index (χ4v) is 4.90. The van der Waals surface area contributed by atoms with E-state index in [9.17, 15) is 13.2 Å². The van der Waals surface area contributed by atoms with Crippen LogP contribution in [-0.2, 0) is 21.2 Å². The number of piperidine rings is 1. The van der Waals surface area contributed by atoms with Crippen molar-refractivity contribution in [3.05, 3.63) is 23.8 Å². The average Bonchev–Trinajstić information content (AvgIpc) is 2.98. The molecule has 2 aliphatic rings. The Bertz CT molecular complexity index is 733. The molecule has 2 unspecified atom stereocenters. The van der Waals surface area contributed by atoms with Gasteiger partial charge in [0.25, 0.3) is 0 Å². The lowest BCUT2D eigenvalue weighted by atomic mass is 9.94. The van der Waals surface area contributed by atoms with E-state index in [2.05, 4.69) is 10.0 Å². The average molecular weight is 388 g/mol. The van der Waals surface area contributed by atoms with Crippen LogP contribution in [0.25, 0.3) is 0 Å². The van der Waals surface area contributed by atoms with Crippen LogP contribution >= 0.6 is 12.4 Å². The summed E-state index contributed by atoms with van der Waals surface area (Å²) in [7, 11) is -3.60. The van der Waals surface area contributed by atoms with Gasteiger partial charge in [-0.15, -0.1) is 12.4 Å². The summed E-state index contributed by atoms with van der Waals surface area (Å²) >= 11 is 0. The summed E-state index contributed by atoms with van der Waals surface area (Å²) in [5.41, 5.74) is 1.74. The van der Waals surface area contributed by atoms with Gasteiger partial charge in [-0.25, -0.2) is 13.1 Å². The molecule has 25 heavy (non-hydrogen) atoms. The zero-order chi connectivity index (χ0) is 17.3. The van der Waals surface area contributed by atoms with E-state index in [0.29, 0.717) is 12.5 Å². The van der Waals surface area contributed by atoms with Gasteiger partial charge in [-0.05, 0) is 62.9 Å². The van der Waals surface area contributed by atoms with E-state index in [1.54, 1.807) is 17.0 Å². The monoisotopic (exact) mass is 387 g/mol. The van der Waals surface area contributed by atoms with Crippen LogP contribution in [0.2, 0.25) is 0 Å². The summed E-state index contributed by atoms with van der Waals surface area (Å²) in [6.07, 6.45) is 2.87. The number of nitrogens with one attached hydrogen (secondary N) is 2. The summed E-state index contributed by atoms with van der Waals surface area (Å²) < 4.78 is 28.3. The Balaban J connectivity index is 0.00000225. The molecule has 0 aliphatic carbocycles. The summed E-state index contributed by atoms with van der Waals surface area (Å²) in [6.45, 7) is 5.89. The van der Waals surface area contributed by atoms with E-state index in [4.69, 9.17) is 0 Å². The van der Waals surface area contributed by atoms with Crippen LogP contribution in [0, 0.1) is 5.92 Å². The SMILES string of the molecule is CC(=O)N1CCc2ccc(S(=O)(=O)NC(C)C3CCCNC3)cc21.Cl. The number of anilines is 1. The van der Waals surface area contributed by atoms with E-state index >= 15 is 0 Å². The molecule has 0 radical (unpaired) electrons. The first-order valence-electron chi connectivity index (χ1n) is 8.52. The van der Waals surface area contributed by atoms with Crippen molar-refractivity contribution >= 4 is 34.0 Å². The summed E-state index contributed by atoms with van der Waals surface area (Å²) in [5.74, 6) is 0.245. The molecule has 0 spiro atoms. The largest absolute Gasteiger partial charge is 0.316 e. The van der Waals surface area contributed by atoms with Crippen LogP contribution in [0.3, 0.4) is 0 Å². The number of nitrogens with zero attached hydrogens (tertiary/aromatic N) is 1. The number of benzene rings is 1. The van der Waals surface area contributed by atoms with Crippen LogP contribution in [-0.4, -0.2) is 40.0 Å². The molecule has 2 heterocycles. The van der Waals surface area contributed by atoms with Crippen molar-refractivity contribution in [1.82, 2.24) is 10.0 Å². The quantitative estimate of drug-likeness (QED) is 0.823. The van der Waals surface area contributed by atoms with E-state index in [1.165, 1.54) is 6.92 Å². The van der Waals surface area contributed by atoms with Crippen molar-refractivity contribution in [2.75, 3.05) is 24.5 Å². The van der Waals surface area contributed by atoms with Crippen molar-refractivity contribution in [2.24, 2.45) is 5.92 Å². The highest BCUT2D eigenvalue weighted by Crippen LogP contribution is 2.30. The Kier molecular flexibility index (Phi) is 6.48. The van der Waals surface area contributed by atoms with Crippen LogP contribution in [0.1, 0.15) is 32.3 Å². The molecule has 1 fully saturated rings. The Hall–Kier alpha value is -1.15. The smallest absolute Gasteiger partial charge is 0.240 e. The van der Waals surface area contributed by atoms with Crippen molar-refractivity contribution in [1.29, 1.82) is 0 Å². The zero-order valence-electron chi connectivity index (χ0n) is 14.6. The maximum Gasteiger partial charge on any atom is 0.240 e. The predicted molar refractivity (Wildman–Crippen MR) is 101 cm³/mol. The standard InChI is InChI=1S/C17H25N3O3S.ClH/c1-12(15-4-3-8-18-11-15)19-24(22,23)16-6-5-14-7-9-20(13(2)21)17(14)10-16;/h5-6,10,12,15,18-19H,3-4,7-9,11H2,1-2H3;1H. The number of rotatable bonds is 4. The van der Waals surface area contributed by atoms with Crippen molar-refractivity contribution in [3.8, 4) is 0 Å². The number of sulfonamides is 1. The Morgan fingerprint density at radius 1 is 1.40 bits per heavy atom. The molecule has 2 aliphatic heterocycles. The van der Waals surface area contributed by atoms with Gasteiger partial charge in [-0.3, -0.25) is 4.79 Å². The molecule has 2 atom stereocenters. The third kappa shape index (κ3) is 4.34. The zero-order valence-corrected chi connectivity index (χ0v) is 16.3. The van der Waals surface area contributed by atoms with Crippen molar-refractivity contribution in [3.63, 3.8) is 0 Å². The van der Waals surface area contributed by atoms with Crippen LogP contribution in [0.4, 0.5) is 5.69 Å². The number of fused-ring (bicyclic) bond motifs is 1. The highest BCUT2D eigenvalue weighted by Gasteiger charge is 2.28. The summed E-state index contributed by atoms with van der Waals surface area (Å²) in [4.78, 5) is 13.6. The van der Waals surface area contributed by atoms with Gasteiger partial charge in [0.15, 0.2) is 0 Å². The van der Waals surface area contributed by atoms with E-state index in [-0.39, 0.29) is 29.3 Å². The van der Waals surface area contributed by atoms with Crippen LogP contribution in [0.15, 0.2) is 23.1 Å². The number of hydrogen-bond acceptors (Lipinski definition) is 4. The molecular formula is C17H26ClN3O3S. The van der Waals surface area contributed by atoms with Gasteiger partial charge in [0.05, 0.1) is 4.90 Å². The van der Waals surface area contributed by atoms with Gasteiger partial charge in [0, 0.05) is 25.2 Å². The highest BCUT2D eigenvalue weighted by atomic mass is 35.5. The Morgan fingerprint density at radius 3 is 2.80 bits per heavy atom. The fourth-order valence-electron chi connectivity index (χ4n) is 3.57. The summed E-state index contributed by atoms with van der Waals surface area (Å²) in [5, 5.41) is 3.31. The second-order valence-corrected chi connectivity index (χ2v) is 8.44. The third-order valence-corrected chi connectivity index (χ3v) is 6.58. The first-order valence-corrected chi connectivity index (χ1v) is 10.0. The lowest BCUT2D eigenvalue weighted by Gasteiger charge is -2.28. The molecule has 140 valence electrons. The Labute approximate surface area is 155 Å². The molecule has 0 aromatic heterocycles. The van der Waals surface area contributed by atoms with Gasteiger partial charge in [-0.2, -0.15) is 0 Å². The molecule has 0 bridgehead atoms. The maximum atomic E-state index is 12.7. The number of halogens is 1. The molecule has 1 amide bonds. The molecule has 1 aromatic rings. The third-order valence-electron chi connectivity index (χ3n) is 5.03. The normalized spacial score (nSPS) is 21.4. The van der Waals surface area contributed by atoms with E-state index < -0.39 is 10.0 Å². The number of carbonyl (C=O) groups is 1. The molecule has 8 heteroatoms. The van der Waals surface area contributed by atoms with Gasteiger partial charge < -0.3 is 10.2 Å². The van der Waals surface area contributed by atoms with Crippen molar-refractivity contribution < 1.29 is 13.2 Å². The number of amides is 1. The van der Waals surface area contributed by atoms with E-state index in [0.717, 1.165) is 43.6 Å². The van der Waals surface area contributed by atoms with E-state index in [1.807, 2.05) is 13.0 Å². The van der Waals surface area contributed by atoms with Crippen LogP contribution in [0.5, 0.6) is 0 Å². The first-order chi connectivity index (χ1) is 11.4. The van der Waals surface area contributed by atoms with Gasteiger partial charge in [-0.1, -0.05) is 6.07 Å². The number of hydrogen-bond donors (Lipinski definition) is 2. The predicted octanol–water partition coefficient (Wildman–Crippen LogP) is 1.68. The van der Waals surface area contributed by atoms with Gasteiger partial charge in [0.2, 0.25) is 15.9 Å². The second-order valence-electron chi connectivity index (χ2n) is 6.73. The van der Waals surface area contributed by atoms with Gasteiger partial charge in [0.1, 0.15) is 0 Å². The number of carbonyl (C=O) groups excluding carboxylic acids is 1. The molecule has 1 aromatic carbocycles. The topological polar surface area (TPSA) is 78.5 Å². The fraction of sp³-hybridized carbons (Fsp3) is 0.588. The minimum atomic E-state index is -3.60. The van der Waals surface area contributed by atoms with Crippen molar-refractivity contribution in [2.45, 2.75) is 44.0 Å². The Morgan fingerprint density at radius 2 is 2.16 bits per heavy atom. The summed E-state index contributed by atoms with van der Waals surface area (Å²) in [6, 6.07) is 4.95. The minimum Gasteiger partial charge on any atom is -0.316 e. The second kappa shape index (κ2) is 8.03. The molecule has 1 saturated heterocycles. The lowest BCUT2D eigenvalue weighted by Crippen LogP contribution is -2.44.